The minimum absolute atomic E-state index is 0.168. The Labute approximate surface area is 149 Å². The number of amides is 1. The minimum atomic E-state index is -0.168. The molecule has 0 saturated carbocycles. The second kappa shape index (κ2) is 7.77. The van der Waals surface area contributed by atoms with Crippen LogP contribution in [0.15, 0.2) is 41.0 Å². The number of hydrogen-bond acceptors (Lipinski definition) is 4. The van der Waals surface area contributed by atoms with Gasteiger partial charge in [0.05, 0.1) is 11.7 Å². The monoisotopic (exact) mass is 389 g/mol. The highest BCUT2D eigenvalue weighted by atomic mass is 79.9. The summed E-state index contributed by atoms with van der Waals surface area (Å²) < 4.78 is 6.55. The van der Waals surface area contributed by atoms with Gasteiger partial charge in [0.1, 0.15) is 5.82 Å². The molecular formula is C18H20BrN3O2. The number of aryl methyl sites for hydroxylation is 1. The first-order valence-corrected chi connectivity index (χ1v) is 8.80. The molecule has 6 heteroatoms. The maximum absolute atomic E-state index is 12.3. The second-order valence-corrected chi connectivity index (χ2v) is 6.78. The first-order chi connectivity index (χ1) is 11.6. The molecule has 1 aliphatic heterocycles. The van der Waals surface area contributed by atoms with Crippen molar-refractivity contribution in [3.63, 3.8) is 0 Å². The van der Waals surface area contributed by atoms with Gasteiger partial charge in [0.2, 0.25) is 0 Å². The molecule has 3 rings (SSSR count). The van der Waals surface area contributed by atoms with E-state index in [1.54, 1.807) is 12.3 Å². The highest BCUT2D eigenvalue weighted by Crippen LogP contribution is 2.21. The van der Waals surface area contributed by atoms with E-state index in [0.717, 1.165) is 47.5 Å². The van der Waals surface area contributed by atoms with E-state index in [1.807, 2.05) is 31.2 Å². The number of pyridine rings is 1. The van der Waals surface area contributed by atoms with Crippen molar-refractivity contribution in [1.29, 1.82) is 0 Å². The molecule has 1 amide bonds. The Kier molecular flexibility index (Phi) is 5.48. The fourth-order valence-electron chi connectivity index (χ4n) is 2.62. The summed E-state index contributed by atoms with van der Waals surface area (Å²) >= 11 is 3.42. The summed E-state index contributed by atoms with van der Waals surface area (Å²) in [6.07, 6.45) is 4.05. The van der Waals surface area contributed by atoms with Crippen molar-refractivity contribution in [1.82, 2.24) is 4.98 Å². The normalized spacial score (nSPS) is 16.8. The summed E-state index contributed by atoms with van der Waals surface area (Å²) in [5.41, 5.74) is 2.32. The molecule has 1 unspecified atom stereocenters. The van der Waals surface area contributed by atoms with E-state index in [1.165, 1.54) is 0 Å². The zero-order valence-corrected chi connectivity index (χ0v) is 15.1. The van der Waals surface area contributed by atoms with Gasteiger partial charge >= 0.3 is 0 Å². The third kappa shape index (κ3) is 4.33. The van der Waals surface area contributed by atoms with Crippen LogP contribution in [0.2, 0.25) is 0 Å². The van der Waals surface area contributed by atoms with E-state index in [0.29, 0.717) is 5.56 Å². The van der Waals surface area contributed by atoms with Crippen LogP contribution in [0.4, 0.5) is 11.5 Å². The van der Waals surface area contributed by atoms with Gasteiger partial charge in [-0.15, -0.1) is 0 Å². The molecule has 0 spiro atoms. The number of anilines is 2. The standard InChI is InChI=1S/C18H20BrN3O2/c1-12-9-14(19)5-6-16(12)22-18(23)13-4-7-17(20-10-13)21-11-15-3-2-8-24-15/h4-7,9-10,15H,2-3,8,11H2,1H3,(H,20,21)(H,22,23). The molecule has 5 nitrogen and oxygen atoms in total. The molecule has 24 heavy (non-hydrogen) atoms. The van der Waals surface area contributed by atoms with Gasteiger partial charge in [-0.3, -0.25) is 4.79 Å². The topological polar surface area (TPSA) is 63.2 Å². The maximum atomic E-state index is 12.3. The van der Waals surface area contributed by atoms with Crippen LogP contribution >= 0.6 is 15.9 Å². The van der Waals surface area contributed by atoms with Crippen LogP contribution in [-0.2, 0) is 4.74 Å². The van der Waals surface area contributed by atoms with Crippen molar-refractivity contribution >= 4 is 33.3 Å². The average molecular weight is 390 g/mol. The zero-order chi connectivity index (χ0) is 16.9. The van der Waals surface area contributed by atoms with Crippen LogP contribution < -0.4 is 10.6 Å². The largest absolute Gasteiger partial charge is 0.376 e. The van der Waals surface area contributed by atoms with Crippen LogP contribution in [0.3, 0.4) is 0 Å². The van der Waals surface area contributed by atoms with Gasteiger partial charge in [0.25, 0.3) is 5.91 Å². The number of benzene rings is 1. The van der Waals surface area contributed by atoms with Crippen LogP contribution in [-0.4, -0.2) is 30.1 Å². The molecule has 1 fully saturated rings. The average Bonchev–Trinajstić information content (AvgIpc) is 3.09. The molecular weight excluding hydrogens is 370 g/mol. The summed E-state index contributed by atoms with van der Waals surface area (Å²) in [5.74, 6) is 0.584. The summed E-state index contributed by atoms with van der Waals surface area (Å²) in [4.78, 5) is 16.6. The predicted octanol–water partition coefficient (Wildman–Crippen LogP) is 4.00. The second-order valence-electron chi connectivity index (χ2n) is 5.86. The Hall–Kier alpha value is -1.92. The van der Waals surface area contributed by atoms with E-state index in [-0.39, 0.29) is 12.0 Å². The Morgan fingerprint density at radius 2 is 2.25 bits per heavy atom. The Morgan fingerprint density at radius 3 is 2.92 bits per heavy atom. The van der Waals surface area contributed by atoms with Gasteiger partial charge in [-0.2, -0.15) is 0 Å². The number of rotatable bonds is 5. The number of aromatic nitrogens is 1. The number of carbonyl (C=O) groups excluding carboxylic acids is 1. The molecule has 0 aliphatic carbocycles. The van der Waals surface area contributed by atoms with Crippen molar-refractivity contribution in [2.45, 2.75) is 25.9 Å². The number of hydrogen-bond donors (Lipinski definition) is 2. The fourth-order valence-corrected chi connectivity index (χ4v) is 3.09. The van der Waals surface area contributed by atoms with Crippen LogP contribution in [0.25, 0.3) is 0 Å². The molecule has 126 valence electrons. The molecule has 2 aromatic rings. The van der Waals surface area contributed by atoms with Gasteiger partial charge < -0.3 is 15.4 Å². The van der Waals surface area contributed by atoms with E-state index in [9.17, 15) is 4.79 Å². The van der Waals surface area contributed by atoms with Crippen LogP contribution in [0, 0.1) is 6.92 Å². The van der Waals surface area contributed by atoms with Crippen LogP contribution in [0.5, 0.6) is 0 Å². The lowest BCUT2D eigenvalue weighted by Crippen LogP contribution is -2.19. The lowest BCUT2D eigenvalue weighted by molar-refractivity contribution is 0.102. The number of nitrogens with one attached hydrogen (secondary N) is 2. The Bertz CT molecular complexity index is 713. The van der Waals surface area contributed by atoms with Gasteiger partial charge in [0, 0.05) is 29.5 Å². The lowest BCUT2D eigenvalue weighted by atomic mass is 10.2. The van der Waals surface area contributed by atoms with Crippen molar-refractivity contribution < 1.29 is 9.53 Å². The predicted molar refractivity (Wildman–Crippen MR) is 98.5 cm³/mol. The summed E-state index contributed by atoms with van der Waals surface area (Å²) in [5, 5.41) is 6.15. The minimum Gasteiger partial charge on any atom is -0.376 e. The first kappa shape index (κ1) is 16.9. The van der Waals surface area contributed by atoms with Crippen LogP contribution in [0.1, 0.15) is 28.8 Å². The van der Waals surface area contributed by atoms with Crippen molar-refractivity contribution in [2.75, 3.05) is 23.8 Å². The number of ether oxygens (including phenoxy) is 1. The summed E-state index contributed by atoms with van der Waals surface area (Å²) in [6, 6.07) is 9.33. The molecule has 2 N–H and O–H groups in total. The van der Waals surface area contributed by atoms with Crippen molar-refractivity contribution in [3.05, 3.63) is 52.1 Å². The third-order valence-electron chi connectivity index (χ3n) is 4.00. The van der Waals surface area contributed by atoms with E-state index in [2.05, 4.69) is 31.5 Å². The Balaban J connectivity index is 1.58. The molecule has 0 radical (unpaired) electrons. The Morgan fingerprint density at radius 1 is 1.38 bits per heavy atom. The third-order valence-corrected chi connectivity index (χ3v) is 4.49. The summed E-state index contributed by atoms with van der Waals surface area (Å²) in [6.45, 7) is 3.54. The van der Waals surface area contributed by atoms with Gasteiger partial charge in [0.15, 0.2) is 0 Å². The zero-order valence-electron chi connectivity index (χ0n) is 13.5. The maximum Gasteiger partial charge on any atom is 0.257 e. The van der Waals surface area contributed by atoms with E-state index in [4.69, 9.17) is 4.74 Å². The van der Waals surface area contributed by atoms with Crippen molar-refractivity contribution in [2.24, 2.45) is 0 Å². The number of nitrogens with zero attached hydrogens (tertiary/aromatic N) is 1. The quantitative estimate of drug-likeness (QED) is 0.810. The number of carbonyl (C=O) groups is 1. The van der Waals surface area contributed by atoms with Gasteiger partial charge in [-0.1, -0.05) is 15.9 Å². The fraction of sp³-hybridized carbons (Fsp3) is 0.333. The molecule has 0 bridgehead atoms. The molecule has 1 saturated heterocycles. The lowest BCUT2D eigenvalue weighted by Gasteiger charge is -2.12. The highest BCUT2D eigenvalue weighted by molar-refractivity contribution is 9.10. The van der Waals surface area contributed by atoms with Crippen molar-refractivity contribution in [3.8, 4) is 0 Å². The first-order valence-electron chi connectivity index (χ1n) is 8.01. The SMILES string of the molecule is Cc1cc(Br)ccc1NC(=O)c1ccc(NCC2CCCO2)nc1. The molecule has 1 aromatic carbocycles. The molecule has 2 heterocycles. The molecule has 1 aliphatic rings. The van der Waals surface area contributed by atoms with E-state index < -0.39 is 0 Å². The van der Waals surface area contributed by atoms with Gasteiger partial charge in [-0.05, 0) is 55.7 Å². The smallest absolute Gasteiger partial charge is 0.257 e. The van der Waals surface area contributed by atoms with Gasteiger partial charge in [-0.25, -0.2) is 4.98 Å². The summed E-state index contributed by atoms with van der Waals surface area (Å²) in [7, 11) is 0. The van der Waals surface area contributed by atoms with E-state index >= 15 is 0 Å². The molecule has 1 aromatic heterocycles. The highest BCUT2D eigenvalue weighted by Gasteiger charge is 2.15. The molecule has 1 atom stereocenters. The number of halogens is 1.